The molecule has 0 aliphatic rings. The van der Waals surface area contributed by atoms with Crippen molar-refractivity contribution < 1.29 is 24.5 Å². The summed E-state index contributed by atoms with van der Waals surface area (Å²) in [6.07, 6.45) is 57.5. The van der Waals surface area contributed by atoms with E-state index in [0.717, 1.165) is 70.6 Å². The van der Waals surface area contributed by atoms with Crippen LogP contribution in [0.3, 0.4) is 0 Å². The summed E-state index contributed by atoms with van der Waals surface area (Å²) in [6, 6.07) is -0.551. The zero-order valence-corrected chi connectivity index (χ0v) is 40.5. The molecule has 0 saturated heterocycles. The number of amides is 1. The second kappa shape index (κ2) is 50.2. The molecular formula is C54H105NO5. The van der Waals surface area contributed by atoms with Gasteiger partial charge in [-0.05, 0) is 51.4 Å². The summed E-state index contributed by atoms with van der Waals surface area (Å²) in [7, 11) is 0. The molecule has 0 heterocycles. The van der Waals surface area contributed by atoms with Crippen LogP contribution in [0.2, 0.25) is 0 Å². The van der Waals surface area contributed by atoms with Crippen LogP contribution in [0, 0.1) is 0 Å². The predicted molar refractivity (Wildman–Crippen MR) is 260 cm³/mol. The molecule has 0 rings (SSSR count). The van der Waals surface area contributed by atoms with Gasteiger partial charge >= 0.3 is 5.97 Å². The number of esters is 1. The molecule has 60 heavy (non-hydrogen) atoms. The van der Waals surface area contributed by atoms with Crippen LogP contribution in [-0.4, -0.2) is 47.4 Å². The number of hydrogen-bond donors (Lipinski definition) is 3. The van der Waals surface area contributed by atoms with Gasteiger partial charge in [-0.1, -0.05) is 244 Å². The molecule has 2 atom stereocenters. The van der Waals surface area contributed by atoms with Crippen LogP contribution in [0.25, 0.3) is 0 Å². The number of carbonyl (C=O) groups is 2. The molecule has 0 aromatic rings. The summed E-state index contributed by atoms with van der Waals surface area (Å²) in [5.74, 6) is -0.0565. The van der Waals surface area contributed by atoms with Crippen LogP contribution in [0.15, 0.2) is 12.2 Å². The third kappa shape index (κ3) is 46.1. The van der Waals surface area contributed by atoms with Crippen LogP contribution in [-0.2, 0) is 14.3 Å². The lowest BCUT2D eigenvalue weighted by Gasteiger charge is -2.22. The Morgan fingerprint density at radius 2 is 0.783 bits per heavy atom. The normalized spacial score (nSPS) is 12.7. The molecular weight excluding hydrogens is 743 g/mol. The number of hydrogen-bond acceptors (Lipinski definition) is 5. The minimum atomic E-state index is -0.672. The Morgan fingerprint density at radius 3 is 1.18 bits per heavy atom. The van der Waals surface area contributed by atoms with Crippen molar-refractivity contribution in [2.24, 2.45) is 0 Å². The first kappa shape index (κ1) is 58.6. The van der Waals surface area contributed by atoms with E-state index >= 15 is 0 Å². The van der Waals surface area contributed by atoms with Gasteiger partial charge in [0.15, 0.2) is 0 Å². The fourth-order valence-corrected chi connectivity index (χ4v) is 8.40. The molecule has 0 radical (unpaired) electrons. The number of aliphatic hydroxyl groups excluding tert-OH is 2. The highest BCUT2D eigenvalue weighted by Gasteiger charge is 2.20. The average Bonchev–Trinajstić information content (AvgIpc) is 3.25. The average molecular weight is 848 g/mol. The van der Waals surface area contributed by atoms with Gasteiger partial charge in [-0.2, -0.15) is 0 Å². The van der Waals surface area contributed by atoms with E-state index < -0.39 is 12.1 Å². The van der Waals surface area contributed by atoms with E-state index in [1.165, 1.54) is 193 Å². The fraction of sp³-hybridized carbons (Fsp3) is 0.926. The Kier molecular flexibility index (Phi) is 49.1. The molecule has 3 N–H and O–H groups in total. The Hall–Kier alpha value is -1.40. The Labute approximate surface area is 374 Å². The van der Waals surface area contributed by atoms with Crippen LogP contribution in [0.5, 0.6) is 0 Å². The molecule has 0 aromatic carbocycles. The first-order valence-electron chi connectivity index (χ1n) is 26.9. The number of nitrogens with one attached hydrogen (secondary N) is 1. The van der Waals surface area contributed by atoms with Crippen molar-refractivity contribution in [3.8, 4) is 0 Å². The standard InChI is InChI=1S/C54H105NO5/c1-3-5-7-9-11-13-15-17-22-26-30-34-38-42-46-52(57)51(50-56)55-53(58)47-43-39-35-31-27-23-20-19-21-25-29-33-37-41-45-49-60-54(59)48-44-40-36-32-28-24-18-16-14-12-10-8-6-4-2/h21,25,51-52,56-57H,3-20,22-24,26-50H2,1-2H3,(H,55,58)/b25-21-. The van der Waals surface area contributed by atoms with E-state index in [1.54, 1.807) is 0 Å². The summed E-state index contributed by atoms with van der Waals surface area (Å²) < 4.78 is 5.46. The number of rotatable bonds is 50. The van der Waals surface area contributed by atoms with Gasteiger partial charge in [0, 0.05) is 12.8 Å². The fourth-order valence-electron chi connectivity index (χ4n) is 8.40. The molecule has 0 spiro atoms. The van der Waals surface area contributed by atoms with E-state index in [4.69, 9.17) is 4.74 Å². The smallest absolute Gasteiger partial charge is 0.305 e. The maximum absolute atomic E-state index is 12.4. The highest BCUT2D eigenvalue weighted by Crippen LogP contribution is 2.17. The van der Waals surface area contributed by atoms with Crippen molar-refractivity contribution in [3.05, 3.63) is 12.2 Å². The quantitative estimate of drug-likeness (QED) is 0.0322. The van der Waals surface area contributed by atoms with Crippen molar-refractivity contribution in [2.75, 3.05) is 13.2 Å². The maximum atomic E-state index is 12.4. The van der Waals surface area contributed by atoms with Gasteiger partial charge in [-0.25, -0.2) is 0 Å². The monoisotopic (exact) mass is 848 g/mol. The summed E-state index contributed by atoms with van der Waals surface area (Å²) in [4.78, 5) is 24.5. The van der Waals surface area contributed by atoms with E-state index in [9.17, 15) is 19.8 Å². The largest absolute Gasteiger partial charge is 0.466 e. The molecule has 2 unspecified atom stereocenters. The number of aliphatic hydroxyl groups is 2. The zero-order chi connectivity index (χ0) is 43.7. The lowest BCUT2D eigenvalue weighted by Crippen LogP contribution is -2.45. The number of unbranched alkanes of at least 4 members (excludes halogenated alkanes) is 37. The van der Waals surface area contributed by atoms with E-state index in [2.05, 4.69) is 31.3 Å². The van der Waals surface area contributed by atoms with E-state index in [0.29, 0.717) is 25.9 Å². The minimum absolute atomic E-state index is 0.00751. The Bertz CT molecular complexity index is 893. The summed E-state index contributed by atoms with van der Waals surface area (Å²) in [6.45, 7) is 4.93. The summed E-state index contributed by atoms with van der Waals surface area (Å²) in [5, 5.41) is 23.2. The first-order valence-corrected chi connectivity index (χ1v) is 26.9. The van der Waals surface area contributed by atoms with Crippen molar-refractivity contribution in [1.29, 1.82) is 0 Å². The number of ether oxygens (including phenoxy) is 1. The zero-order valence-electron chi connectivity index (χ0n) is 40.5. The summed E-state index contributed by atoms with van der Waals surface area (Å²) >= 11 is 0. The van der Waals surface area contributed by atoms with Crippen molar-refractivity contribution >= 4 is 11.9 Å². The highest BCUT2D eigenvalue weighted by atomic mass is 16.5. The second-order valence-corrected chi connectivity index (χ2v) is 18.6. The molecule has 356 valence electrons. The van der Waals surface area contributed by atoms with Gasteiger partial charge in [-0.3, -0.25) is 9.59 Å². The molecule has 0 aromatic heterocycles. The van der Waals surface area contributed by atoms with Gasteiger partial charge in [0.25, 0.3) is 0 Å². The van der Waals surface area contributed by atoms with Crippen LogP contribution in [0.4, 0.5) is 0 Å². The van der Waals surface area contributed by atoms with E-state index in [-0.39, 0.29) is 18.5 Å². The molecule has 6 nitrogen and oxygen atoms in total. The van der Waals surface area contributed by atoms with Crippen LogP contribution >= 0.6 is 0 Å². The highest BCUT2D eigenvalue weighted by molar-refractivity contribution is 5.76. The lowest BCUT2D eigenvalue weighted by atomic mass is 10.0. The molecule has 0 fully saturated rings. The molecule has 0 saturated carbocycles. The Morgan fingerprint density at radius 1 is 0.450 bits per heavy atom. The van der Waals surface area contributed by atoms with Gasteiger partial charge in [-0.15, -0.1) is 0 Å². The third-order valence-electron chi connectivity index (χ3n) is 12.6. The first-order chi connectivity index (χ1) is 29.5. The molecule has 6 heteroatoms. The van der Waals surface area contributed by atoms with Crippen molar-refractivity contribution in [2.45, 2.75) is 309 Å². The topological polar surface area (TPSA) is 95.9 Å². The summed E-state index contributed by atoms with van der Waals surface area (Å²) in [5.41, 5.74) is 0. The molecule has 1 amide bonds. The van der Waals surface area contributed by atoms with Gasteiger partial charge < -0.3 is 20.3 Å². The van der Waals surface area contributed by atoms with Crippen molar-refractivity contribution in [3.63, 3.8) is 0 Å². The molecule has 0 bridgehead atoms. The molecule has 0 aliphatic carbocycles. The predicted octanol–water partition coefficient (Wildman–Crippen LogP) is 16.1. The van der Waals surface area contributed by atoms with Gasteiger partial charge in [0.05, 0.1) is 25.4 Å². The second-order valence-electron chi connectivity index (χ2n) is 18.6. The maximum Gasteiger partial charge on any atom is 0.305 e. The van der Waals surface area contributed by atoms with E-state index in [1.807, 2.05) is 0 Å². The number of carbonyl (C=O) groups excluding carboxylic acids is 2. The van der Waals surface area contributed by atoms with Crippen molar-refractivity contribution in [1.82, 2.24) is 5.32 Å². The van der Waals surface area contributed by atoms with Crippen LogP contribution < -0.4 is 5.32 Å². The SMILES string of the molecule is CCCCCCCCCCCCCCCCC(=O)OCCCCCC/C=C\CCCCCCCCCC(=O)NC(CO)C(O)CCCCCCCCCCCCCCCC. The van der Waals surface area contributed by atoms with Crippen LogP contribution in [0.1, 0.15) is 296 Å². The third-order valence-corrected chi connectivity index (χ3v) is 12.6. The van der Waals surface area contributed by atoms with Gasteiger partial charge in [0.2, 0.25) is 5.91 Å². The lowest BCUT2D eigenvalue weighted by molar-refractivity contribution is -0.143. The van der Waals surface area contributed by atoms with Gasteiger partial charge in [0.1, 0.15) is 0 Å². The Balaban J connectivity index is 3.46. The molecule has 0 aliphatic heterocycles. The number of allylic oxidation sites excluding steroid dienone is 2. The minimum Gasteiger partial charge on any atom is -0.466 e.